The number of carbonyl (C=O) groups is 1. The standard InChI is InChI=1S/C17H15F2N5OS/c1-24(2)9-6-7-12(21-8-9)22-17-23-16(20)15(26-17)14(25)13-10(18)4-3-5-11(13)19/h3-8H,20H2,1-2H3,(H,21,22,23). The fraction of sp³-hybridized carbons (Fsp3) is 0.118. The molecule has 134 valence electrons. The SMILES string of the molecule is CN(C)c1ccc(Nc2nc(N)c(C(=O)c3c(F)cccc3F)s2)nc1. The lowest BCUT2D eigenvalue weighted by Gasteiger charge is -2.11. The van der Waals surface area contributed by atoms with Crippen molar-refractivity contribution in [2.45, 2.75) is 0 Å². The number of pyridine rings is 1. The molecule has 0 radical (unpaired) electrons. The molecule has 3 N–H and O–H groups in total. The lowest BCUT2D eigenvalue weighted by molar-refractivity contribution is 0.103. The van der Waals surface area contributed by atoms with E-state index in [1.807, 2.05) is 25.1 Å². The Bertz CT molecular complexity index is 936. The molecule has 26 heavy (non-hydrogen) atoms. The summed E-state index contributed by atoms with van der Waals surface area (Å²) in [5, 5.41) is 3.22. The number of aromatic nitrogens is 2. The molecule has 6 nitrogen and oxygen atoms in total. The summed E-state index contributed by atoms with van der Waals surface area (Å²) in [5.41, 5.74) is 6.03. The van der Waals surface area contributed by atoms with Gasteiger partial charge in [0.05, 0.1) is 17.4 Å². The first-order chi connectivity index (χ1) is 12.4. The number of rotatable bonds is 5. The molecule has 0 bridgehead atoms. The number of nitrogen functional groups attached to an aromatic ring is 1. The summed E-state index contributed by atoms with van der Waals surface area (Å²) in [6, 6.07) is 6.82. The number of nitrogens with zero attached hydrogens (tertiary/aromatic N) is 3. The van der Waals surface area contributed by atoms with Gasteiger partial charge in [0.1, 0.15) is 28.1 Å². The Labute approximate surface area is 152 Å². The smallest absolute Gasteiger partial charge is 0.212 e. The highest BCUT2D eigenvalue weighted by Gasteiger charge is 2.24. The third-order valence-electron chi connectivity index (χ3n) is 3.55. The molecular weight excluding hydrogens is 360 g/mol. The highest BCUT2D eigenvalue weighted by atomic mass is 32.1. The third kappa shape index (κ3) is 3.47. The first-order valence-corrected chi connectivity index (χ1v) is 8.34. The van der Waals surface area contributed by atoms with Gasteiger partial charge in [-0.05, 0) is 24.3 Å². The van der Waals surface area contributed by atoms with E-state index < -0.39 is 23.0 Å². The van der Waals surface area contributed by atoms with Crippen molar-refractivity contribution in [3.63, 3.8) is 0 Å². The van der Waals surface area contributed by atoms with E-state index >= 15 is 0 Å². The maximum absolute atomic E-state index is 13.8. The largest absolute Gasteiger partial charge is 0.382 e. The number of benzene rings is 1. The molecule has 9 heteroatoms. The molecule has 2 aromatic heterocycles. The van der Waals surface area contributed by atoms with E-state index in [1.165, 1.54) is 6.07 Å². The minimum absolute atomic E-state index is 0.0404. The number of nitrogens with one attached hydrogen (secondary N) is 1. The zero-order valence-corrected chi connectivity index (χ0v) is 14.8. The van der Waals surface area contributed by atoms with Crippen molar-refractivity contribution < 1.29 is 13.6 Å². The van der Waals surface area contributed by atoms with Crippen LogP contribution in [0.3, 0.4) is 0 Å². The maximum atomic E-state index is 13.8. The van der Waals surface area contributed by atoms with Gasteiger partial charge < -0.3 is 16.0 Å². The highest BCUT2D eigenvalue weighted by molar-refractivity contribution is 7.18. The fourth-order valence-corrected chi connectivity index (χ4v) is 3.05. The second kappa shape index (κ2) is 7.04. The lowest BCUT2D eigenvalue weighted by atomic mass is 10.1. The molecule has 0 saturated heterocycles. The van der Waals surface area contributed by atoms with Crippen molar-refractivity contribution in [1.82, 2.24) is 9.97 Å². The second-order valence-electron chi connectivity index (χ2n) is 5.58. The van der Waals surface area contributed by atoms with E-state index in [9.17, 15) is 13.6 Å². The summed E-state index contributed by atoms with van der Waals surface area (Å²) in [6.45, 7) is 0. The van der Waals surface area contributed by atoms with E-state index in [4.69, 9.17) is 5.73 Å². The van der Waals surface area contributed by atoms with Crippen molar-refractivity contribution >= 4 is 39.6 Å². The molecular formula is C17H15F2N5OS. The van der Waals surface area contributed by atoms with Crippen LogP contribution in [0.15, 0.2) is 36.5 Å². The van der Waals surface area contributed by atoms with Crippen LogP contribution in [0.25, 0.3) is 0 Å². The van der Waals surface area contributed by atoms with Gasteiger partial charge in [0.2, 0.25) is 5.78 Å². The maximum Gasteiger partial charge on any atom is 0.212 e. The Hall–Kier alpha value is -3.07. The Kier molecular flexibility index (Phi) is 4.81. The molecule has 0 aliphatic carbocycles. The monoisotopic (exact) mass is 375 g/mol. The number of carbonyl (C=O) groups excluding carboxylic acids is 1. The van der Waals surface area contributed by atoms with E-state index in [-0.39, 0.29) is 10.7 Å². The molecule has 0 aliphatic heterocycles. The summed E-state index contributed by atoms with van der Waals surface area (Å²) < 4.78 is 27.7. The van der Waals surface area contributed by atoms with Gasteiger partial charge in [-0.3, -0.25) is 4.79 Å². The first kappa shape index (κ1) is 17.7. The molecule has 0 atom stereocenters. The van der Waals surface area contributed by atoms with Crippen LogP contribution in [0.4, 0.5) is 31.2 Å². The topological polar surface area (TPSA) is 84.1 Å². The van der Waals surface area contributed by atoms with E-state index in [0.717, 1.165) is 29.2 Å². The van der Waals surface area contributed by atoms with Gasteiger partial charge >= 0.3 is 0 Å². The van der Waals surface area contributed by atoms with Gasteiger partial charge in [-0.25, -0.2) is 18.7 Å². The van der Waals surface area contributed by atoms with Crippen molar-refractivity contribution in [2.75, 3.05) is 30.0 Å². The zero-order valence-electron chi connectivity index (χ0n) is 14.0. The molecule has 0 aliphatic rings. The van der Waals surface area contributed by atoms with Crippen LogP contribution < -0.4 is 16.0 Å². The fourth-order valence-electron chi connectivity index (χ4n) is 2.21. The number of anilines is 4. The molecule has 1 aromatic carbocycles. The highest BCUT2D eigenvalue weighted by Crippen LogP contribution is 2.30. The molecule has 0 saturated carbocycles. The number of hydrogen-bond acceptors (Lipinski definition) is 7. The van der Waals surface area contributed by atoms with Crippen LogP contribution in [0.2, 0.25) is 0 Å². The Morgan fingerprint density at radius 3 is 2.46 bits per heavy atom. The summed E-state index contributed by atoms with van der Waals surface area (Å²) in [7, 11) is 3.79. The summed E-state index contributed by atoms with van der Waals surface area (Å²) in [4.78, 5) is 22.6. The van der Waals surface area contributed by atoms with Crippen LogP contribution >= 0.6 is 11.3 Å². The van der Waals surface area contributed by atoms with Gasteiger partial charge in [0.25, 0.3) is 0 Å². The van der Waals surface area contributed by atoms with E-state index in [2.05, 4.69) is 15.3 Å². The minimum Gasteiger partial charge on any atom is -0.382 e. The van der Waals surface area contributed by atoms with Crippen molar-refractivity contribution in [3.8, 4) is 0 Å². The van der Waals surface area contributed by atoms with Crippen molar-refractivity contribution in [3.05, 3.63) is 58.6 Å². The molecule has 0 fully saturated rings. The van der Waals surface area contributed by atoms with Crippen LogP contribution in [0.5, 0.6) is 0 Å². The summed E-state index contributed by atoms with van der Waals surface area (Å²) >= 11 is 0.905. The van der Waals surface area contributed by atoms with E-state index in [1.54, 1.807) is 12.3 Å². The van der Waals surface area contributed by atoms with Crippen LogP contribution in [-0.4, -0.2) is 29.8 Å². The van der Waals surface area contributed by atoms with Crippen LogP contribution in [0.1, 0.15) is 15.2 Å². The van der Waals surface area contributed by atoms with Gasteiger partial charge in [0, 0.05) is 14.1 Å². The predicted molar refractivity (Wildman–Crippen MR) is 98.2 cm³/mol. The number of ketones is 1. The molecule has 3 rings (SSSR count). The number of thiazole rings is 1. The molecule has 0 unspecified atom stereocenters. The number of nitrogens with two attached hydrogens (primary N) is 1. The summed E-state index contributed by atoms with van der Waals surface area (Å²) in [6.07, 6.45) is 1.67. The normalized spacial score (nSPS) is 10.6. The number of halogens is 2. The van der Waals surface area contributed by atoms with Crippen molar-refractivity contribution in [1.29, 1.82) is 0 Å². The van der Waals surface area contributed by atoms with Crippen molar-refractivity contribution in [2.24, 2.45) is 0 Å². The predicted octanol–water partition coefficient (Wildman–Crippen LogP) is 3.44. The molecule has 0 spiro atoms. The second-order valence-corrected chi connectivity index (χ2v) is 6.58. The van der Waals surface area contributed by atoms with Gasteiger partial charge in [-0.15, -0.1) is 0 Å². The van der Waals surface area contributed by atoms with Crippen LogP contribution in [0, 0.1) is 11.6 Å². The summed E-state index contributed by atoms with van der Waals surface area (Å²) in [5.74, 6) is -2.34. The zero-order chi connectivity index (χ0) is 18.8. The minimum atomic E-state index is -0.946. The Balaban J connectivity index is 1.86. The Morgan fingerprint density at radius 1 is 1.19 bits per heavy atom. The third-order valence-corrected chi connectivity index (χ3v) is 4.53. The van der Waals surface area contributed by atoms with Gasteiger partial charge in [-0.1, -0.05) is 17.4 Å². The molecule has 2 heterocycles. The number of hydrogen-bond donors (Lipinski definition) is 2. The average Bonchev–Trinajstić information content (AvgIpc) is 2.95. The quantitative estimate of drug-likeness (QED) is 0.665. The average molecular weight is 375 g/mol. The Morgan fingerprint density at radius 2 is 1.88 bits per heavy atom. The van der Waals surface area contributed by atoms with Gasteiger partial charge in [-0.2, -0.15) is 0 Å². The first-order valence-electron chi connectivity index (χ1n) is 7.52. The lowest BCUT2D eigenvalue weighted by Crippen LogP contribution is -2.08. The van der Waals surface area contributed by atoms with E-state index in [0.29, 0.717) is 10.9 Å². The van der Waals surface area contributed by atoms with Gasteiger partial charge in [0.15, 0.2) is 5.13 Å². The molecule has 3 aromatic rings. The molecule has 0 amide bonds. The van der Waals surface area contributed by atoms with Crippen LogP contribution in [-0.2, 0) is 0 Å².